The van der Waals surface area contributed by atoms with Gasteiger partial charge in [-0.2, -0.15) is 0 Å². The first kappa shape index (κ1) is 15.4. The Hall–Kier alpha value is -0.570. The summed E-state index contributed by atoms with van der Waals surface area (Å²) in [5.74, 6) is 0.0936. The highest BCUT2D eigenvalue weighted by atomic mass is 16.5. The van der Waals surface area contributed by atoms with Crippen LogP contribution in [-0.4, -0.2) is 26.2 Å². The molecule has 0 aliphatic heterocycles. The molecule has 3 heteroatoms. The summed E-state index contributed by atoms with van der Waals surface area (Å²) in [6, 6.07) is 0. The Morgan fingerprint density at radius 3 is 2.25 bits per heavy atom. The van der Waals surface area contributed by atoms with Crippen LogP contribution in [0.1, 0.15) is 47.5 Å². The quantitative estimate of drug-likeness (QED) is 0.681. The first-order valence-corrected chi connectivity index (χ1v) is 6.05. The molecule has 96 valence electrons. The highest BCUT2D eigenvalue weighted by molar-refractivity contribution is 5.81. The van der Waals surface area contributed by atoms with Crippen molar-refractivity contribution >= 4 is 5.91 Å². The molecule has 0 saturated carbocycles. The van der Waals surface area contributed by atoms with Crippen molar-refractivity contribution in [3.63, 3.8) is 0 Å². The SMILES string of the molecule is CCCOCC(C)(C)CC(C)(C)C(=O)NC. The molecule has 0 bridgehead atoms. The zero-order valence-corrected chi connectivity index (χ0v) is 11.6. The minimum atomic E-state index is -0.339. The summed E-state index contributed by atoms with van der Waals surface area (Å²) >= 11 is 0. The van der Waals surface area contributed by atoms with E-state index in [0.29, 0.717) is 6.61 Å². The van der Waals surface area contributed by atoms with Gasteiger partial charge in [-0.05, 0) is 18.3 Å². The Bertz CT molecular complexity index is 222. The number of nitrogens with one attached hydrogen (secondary N) is 1. The Morgan fingerprint density at radius 1 is 1.25 bits per heavy atom. The maximum Gasteiger partial charge on any atom is 0.225 e. The second-order valence-electron chi connectivity index (χ2n) is 5.86. The third kappa shape index (κ3) is 5.50. The lowest BCUT2D eigenvalue weighted by Crippen LogP contribution is -2.39. The standard InChI is InChI=1S/C13H27NO2/c1-7-8-16-10-12(2,3)9-13(4,5)11(15)14-6/h7-10H2,1-6H3,(H,14,15). The number of carbonyl (C=O) groups excluding carboxylic acids is 1. The monoisotopic (exact) mass is 229 g/mol. The molecule has 0 aliphatic rings. The van der Waals surface area contributed by atoms with Gasteiger partial charge in [-0.1, -0.05) is 34.6 Å². The minimum Gasteiger partial charge on any atom is -0.381 e. The molecule has 0 aliphatic carbocycles. The van der Waals surface area contributed by atoms with E-state index < -0.39 is 0 Å². The van der Waals surface area contributed by atoms with E-state index in [1.165, 1.54) is 0 Å². The maximum absolute atomic E-state index is 11.7. The fourth-order valence-corrected chi connectivity index (χ4v) is 2.16. The van der Waals surface area contributed by atoms with Crippen LogP contribution in [0.5, 0.6) is 0 Å². The van der Waals surface area contributed by atoms with Crippen LogP contribution in [0.15, 0.2) is 0 Å². The van der Waals surface area contributed by atoms with Crippen molar-refractivity contribution in [2.24, 2.45) is 10.8 Å². The van der Waals surface area contributed by atoms with E-state index in [-0.39, 0.29) is 16.7 Å². The average Bonchev–Trinajstić information content (AvgIpc) is 2.15. The van der Waals surface area contributed by atoms with E-state index in [0.717, 1.165) is 19.4 Å². The van der Waals surface area contributed by atoms with Gasteiger partial charge in [0.05, 0.1) is 6.61 Å². The van der Waals surface area contributed by atoms with Crippen LogP contribution in [-0.2, 0) is 9.53 Å². The molecule has 0 saturated heterocycles. The highest BCUT2D eigenvalue weighted by Crippen LogP contribution is 2.34. The van der Waals surface area contributed by atoms with Crippen LogP contribution in [0, 0.1) is 10.8 Å². The fraction of sp³-hybridized carbons (Fsp3) is 0.923. The molecule has 0 fully saturated rings. The number of hydrogen-bond donors (Lipinski definition) is 1. The van der Waals surface area contributed by atoms with E-state index in [4.69, 9.17) is 4.74 Å². The lowest BCUT2D eigenvalue weighted by molar-refractivity contribution is -0.131. The summed E-state index contributed by atoms with van der Waals surface area (Å²) < 4.78 is 5.58. The topological polar surface area (TPSA) is 38.3 Å². The zero-order valence-electron chi connectivity index (χ0n) is 11.6. The van der Waals surface area contributed by atoms with Crippen LogP contribution in [0.3, 0.4) is 0 Å². The molecule has 16 heavy (non-hydrogen) atoms. The fourth-order valence-electron chi connectivity index (χ4n) is 2.16. The molecular formula is C13H27NO2. The van der Waals surface area contributed by atoms with Crippen molar-refractivity contribution in [2.75, 3.05) is 20.3 Å². The first-order chi connectivity index (χ1) is 7.25. The van der Waals surface area contributed by atoms with Gasteiger partial charge in [0.2, 0.25) is 5.91 Å². The average molecular weight is 229 g/mol. The largest absolute Gasteiger partial charge is 0.381 e. The van der Waals surface area contributed by atoms with E-state index in [2.05, 4.69) is 26.1 Å². The second kappa shape index (κ2) is 6.24. The smallest absolute Gasteiger partial charge is 0.225 e. The lowest BCUT2D eigenvalue weighted by Gasteiger charge is -2.33. The summed E-state index contributed by atoms with van der Waals surface area (Å²) in [6.45, 7) is 11.9. The summed E-state index contributed by atoms with van der Waals surface area (Å²) in [6.07, 6.45) is 1.86. The molecule has 0 spiro atoms. The van der Waals surface area contributed by atoms with Gasteiger partial charge in [0.25, 0.3) is 0 Å². The van der Waals surface area contributed by atoms with Gasteiger partial charge < -0.3 is 10.1 Å². The third-order valence-corrected chi connectivity index (χ3v) is 2.60. The van der Waals surface area contributed by atoms with E-state index in [9.17, 15) is 4.79 Å². The van der Waals surface area contributed by atoms with Gasteiger partial charge in [-0.3, -0.25) is 4.79 Å². The van der Waals surface area contributed by atoms with E-state index in [1.54, 1.807) is 7.05 Å². The summed E-state index contributed by atoms with van der Waals surface area (Å²) in [4.78, 5) is 11.7. The predicted octanol–water partition coefficient (Wildman–Crippen LogP) is 2.60. The molecule has 0 heterocycles. The number of amides is 1. The van der Waals surface area contributed by atoms with Gasteiger partial charge in [0.15, 0.2) is 0 Å². The molecule has 0 aromatic carbocycles. The molecule has 1 N–H and O–H groups in total. The molecule has 3 nitrogen and oxygen atoms in total. The first-order valence-electron chi connectivity index (χ1n) is 6.05. The maximum atomic E-state index is 11.7. The number of rotatable bonds is 7. The van der Waals surface area contributed by atoms with Gasteiger partial charge >= 0.3 is 0 Å². The van der Waals surface area contributed by atoms with Gasteiger partial charge in [0, 0.05) is 19.1 Å². The molecule has 0 aromatic heterocycles. The molecule has 0 radical (unpaired) electrons. The molecule has 0 rings (SSSR count). The number of carbonyl (C=O) groups is 1. The van der Waals surface area contributed by atoms with Gasteiger partial charge in [-0.15, -0.1) is 0 Å². The summed E-state index contributed by atoms with van der Waals surface area (Å²) in [5.41, 5.74) is -0.307. The second-order valence-corrected chi connectivity index (χ2v) is 5.86. The van der Waals surface area contributed by atoms with Gasteiger partial charge in [-0.25, -0.2) is 0 Å². The highest BCUT2D eigenvalue weighted by Gasteiger charge is 2.34. The zero-order chi connectivity index (χ0) is 12.8. The van der Waals surface area contributed by atoms with Crippen LogP contribution in [0.2, 0.25) is 0 Å². The summed E-state index contributed by atoms with van der Waals surface area (Å²) in [7, 11) is 1.69. The van der Waals surface area contributed by atoms with Crippen LogP contribution >= 0.6 is 0 Å². The molecule has 0 aromatic rings. The van der Waals surface area contributed by atoms with Crippen molar-refractivity contribution < 1.29 is 9.53 Å². The molecule has 0 unspecified atom stereocenters. The lowest BCUT2D eigenvalue weighted by atomic mass is 9.75. The normalized spacial score (nSPS) is 12.6. The Balaban J connectivity index is 4.27. The van der Waals surface area contributed by atoms with E-state index in [1.807, 2.05) is 13.8 Å². The minimum absolute atomic E-state index is 0.0329. The van der Waals surface area contributed by atoms with Crippen molar-refractivity contribution in [2.45, 2.75) is 47.5 Å². The molecule has 0 atom stereocenters. The van der Waals surface area contributed by atoms with Crippen molar-refractivity contribution in [3.05, 3.63) is 0 Å². The van der Waals surface area contributed by atoms with E-state index >= 15 is 0 Å². The Morgan fingerprint density at radius 2 is 1.81 bits per heavy atom. The van der Waals surface area contributed by atoms with Crippen LogP contribution in [0.25, 0.3) is 0 Å². The van der Waals surface area contributed by atoms with Crippen molar-refractivity contribution in [1.29, 1.82) is 0 Å². The number of hydrogen-bond acceptors (Lipinski definition) is 2. The third-order valence-electron chi connectivity index (χ3n) is 2.60. The van der Waals surface area contributed by atoms with Crippen LogP contribution in [0.4, 0.5) is 0 Å². The molecule has 1 amide bonds. The van der Waals surface area contributed by atoms with Crippen molar-refractivity contribution in [3.8, 4) is 0 Å². The Labute approximate surface area is 99.9 Å². The van der Waals surface area contributed by atoms with Gasteiger partial charge in [0.1, 0.15) is 0 Å². The number of ether oxygens (including phenoxy) is 1. The van der Waals surface area contributed by atoms with Crippen LogP contribution < -0.4 is 5.32 Å². The van der Waals surface area contributed by atoms with Crippen molar-refractivity contribution in [1.82, 2.24) is 5.32 Å². The Kier molecular flexibility index (Phi) is 6.01. The summed E-state index contributed by atoms with van der Waals surface area (Å²) in [5, 5.41) is 2.72. The molecular weight excluding hydrogens is 202 g/mol. The predicted molar refractivity (Wildman–Crippen MR) is 67.4 cm³/mol.